The van der Waals surface area contributed by atoms with E-state index in [2.05, 4.69) is 10.3 Å². The van der Waals surface area contributed by atoms with Crippen molar-refractivity contribution >= 4 is 5.91 Å². The predicted octanol–water partition coefficient (Wildman–Crippen LogP) is 4.03. The van der Waals surface area contributed by atoms with Gasteiger partial charge in [-0.2, -0.15) is 13.2 Å². The Hall–Kier alpha value is -2.57. The van der Waals surface area contributed by atoms with Gasteiger partial charge >= 0.3 is 6.18 Å². The zero-order valence-corrected chi connectivity index (χ0v) is 12.6. The van der Waals surface area contributed by atoms with E-state index >= 15 is 0 Å². The second-order valence-corrected chi connectivity index (χ2v) is 5.66. The van der Waals surface area contributed by atoms with E-state index in [0.717, 1.165) is 31.2 Å². The molecule has 0 atom stereocenters. The van der Waals surface area contributed by atoms with Crippen molar-refractivity contribution in [2.45, 2.75) is 19.0 Å². The molecule has 0 radical (unpaired) electrons. The minimum Gasteiger partial charge on any atom is -0.439 e. The number of nitrogens with zero attached hydrogens (tertiary/aromatic N) is 1. The first-order valence-corrected chi connectivity index (χ1v) is 7.51. The fourth-order valence-corrected chi connectivity index (χ4v) is 2.06. The third-order valence-electron chi connectivity index (χ3n) is 3.65. The molecular weight excluding hydrogens is 321 g/mol. The molecule has 1 amide bonds. The fourth-order valence-electron chi connectivity index (χ4n) is 2.06. The SMILES string of the molecule is O=C(NCC1CC1)c1ccc(Oc2ccc(C(F)(F)F)cn2)cc1. The largest absolute Gasteiger partial charge is 0.439 e. The highest BCUT2D eigenvalue weighted by Crippen LogP contribution is 2.30. The minimum absolute atomic E-state index is 0.0499. The molecule has 1 N–H and O–H groups in total. The first kappa shape index (κ1) is 16.3. The van der Waals surface area contributed by atoms with Gasteiger partial charge in [-0.05, 0) is 49.1 Å². The summed E-state index contributed by atoms with van der Waals surface area (Å²) in [7, 11) is 0. The molecule has 1 aliphatic carbocycles. The van der Waals surface area contributed by atoms with Crippen LogP contribution in [0, 0.1) is 5.92 Å². The van der Waals surface area contributed by atoms with Crippen LogP contribution >= 0.6 is 0 Å². The van der Waals surface area contributed by atoms with Gasteiger partial charge in [0.25, 0.3) is 5.91 Å². The molecule has 2 aromatic rings. The van der Waals surface area contributed by atoms with Gasteiger partial charge in [0.1, 0.15) is 5.75 Å². The number of ether oxygens (including phenoxy) is 1. The van der Waals surface area contributed by atoms with E-state index < -0.39 is 11.7 Å². The molecule has 1 aliphatic rings. The quantitative estimate of drug-likeness (QED) is 0.897. The van der Waals surface area contributed by atoms with Crippen molar-refractivity contribution in [3.8, 4) is 11.6 Å². The van der Waals surface area contributed by atoms with Crippen LogP contribution in [-0.4, -0.2) is 17.4 Å². The summed E-state index contributed by atoms with van der Waals surface area (Å²) in [5.74, 6) is 0.887. The summed E-state index contributed by atoms with van der Waals surface area (Å²) in [6, 6.07) is 8.40. The normalized spacial score (nSPS) is 14.3. The number of pyridine rings is 1. The molecule has 1 aromatic carbocycles. The van der Waals surface area contributed by atoms with Gasteiger partial charge in [-0.3, -0.25) is 4.79 Å². The van der Waals surface area contributed by atoms with E-state index in [0.29, 0.717) is 23.8 Å². The van der Waals surface area contributed by atoms with E-state index in [1.165, 1.54) is 0 Å². The Morgan fingerprint density at radius 2 is 1.88 bits per heavy atom. The molecule has 0 aliphatic heterocycles. The topological polar surface area (TPSA) is 51.2 Å². The Balaban J connectivity index is 1.60. The maximum absolute atomic E-state index is 12.5. The Kier molecular flexibility index (Phi) is 4.42. The van der Waals surface area contributed by atoms with Crippen LogP contribution in [0.3, 0.4) is 0 Å². The number of rotatable bonds is 5. The molecule has 1 saturated carbocycles. The molecule has 1 heterocycles. The first-order chi connectivity index (χ1) is 11.4. The van der Waals surface area contributed by atoms with Gasteiger partial charge in [-0.1, -0.05) is 0 Å². The van der Waals surface area contributed by atoms with Crippen LogP contribution in [0.2, 0.25) is 0 Å². The molecule has 1 aromatic heterocycles. The molecule has 7 heteroatoms. The lowest BCUT2D eigenvalue weighted by Gasteiger charge is -2.08. The maximum atomic E-state index is 12.5. The molecule has 24 heavy (non-hydrogen) atoms. The molecule has 126 valence electrons. The number of carbonyl (C=O) groups excluding carboxylic acids is 1. The second kappa shape index (κ2) is 6.51. The zero-order chi connectivity index (χ0) is 17.2. The molecule has 0 spiro atoms. The van der Waals surface area contributed by atoms with Crippen LogP contribution in [-0.2, 0) is 6.18 Å². The van der Waals surface area contributed by atoms with Gasteiger partial charge in [-0.25, -0.2) is 4.98 Å². The average Bonchev–Trinajstić information content (AvgIpc) is 3.37. The molecule has 0 bridgehead atoms. The van der Waals surface area contributed by atoms with Crippen LogP contribution in [0.15, 0.2) is 42.6 Å². The average molecular weight is 336 g/mol. The number of aromatic nitrogens is 1. The van der Waals surface area contributed by atoms with Crippen LogP contribution in [0.4, 0.5) is 13.2 Å². The lowest BCUT2D eigenvalue weighted by Crippen LogP contribution is -2.25. The summed E-state index contributed by atoms with van der Waals surface area (Å²) in [5.41, 5.74) is -0.332. The zero-order valence-electron chi connectivity index (χ0n) is 12.6. The molecule has 3 rings (SSSR count). The van der Waals surface area contributed by atoms with Crippen LogP contribution in [0.1, 0.15) is 28.8 Å². The lowest BCUT2D eigenvalue weighted by atomic mass is 10.2. The number of carbonyl (C=O) groups is 1. The summed E-state index contributed by atoms with van der Waals surface area (Å²) in [4.78, 5) is 15.5. The number of benzene rings is 1. The van der Waals surface area contributed by atoms with E-state index in [1.54, 1.807) is 24.3 Å². The Morgan fingerprint density at radius 3 is 2.42 bits per heavy atom. The number of hydrogen-bond acceptors (Lipinski definition) is 3. The highest BCUT2D eigenvalue weighted by Gasteiger charge is 2.30. The standard InChI is InChI=1S/C17H15F3N2O2/c18-17(19,20)13-5-8-15(21-10-13)24-14-6-3-12(4-7-14)16(23)22-9-11-1-2-11/h3-8,10-11H,1-2,9H2,(H,22,23). The Morgan fingerprint density at radius 1 is 1.17 bits per heavy atom. The van der Waals surface area contributed by atoms with Crippen LogP contribution in [0.5, 0.6) is 11.6 Å². The predicted molar refractivity (Wildman–Crippen MR) is 80.8 cm³/mol. The monoisotopic (exact) mass is 336 g/mol. The van der Waals surface area contributed by atoms with E-state index in [1.807, 2.05) is 0 Å². The number of hydrogen-bond donors (Lipinski definition) is 1. The van der Waals surface area contributed by atoms with Crippen molar-refractivity contribution in [3.63, 3.8) is 0 Å². The van der Waals surface area contributed by atoms with E-state index in [-0.39, 0.29) is 11.8 Å². The summed E-state index contributed by atoms with van der Waals surface area (Å²) >= 11 is 0. The van der Waals surface area contributed by atoms with Gasteiger partial charge < -0.3 is 10.1 Å². The number of halogens is 3. The first-order valence-electron chi connectivity index (χ1n) is 7.51. The van der Waals surface area contributed by atoms with Crippen molar-refractivity contribution in [2.75, 3.05) is 6.54 Å². The molecular formula is C17H15F3N2O2. The number of nitrogens with one attached hydrogen (secondary N) is 1. The van der Waals surface area contributed by atoms with Crippen molar-refractivity contribution in [3.05, 3.63) is 53.7 Å². The van der Waals surface area contributed by atoms with Crippen LogP contribution in [0.25, 0.3) is 0 Å². The second-order valence-electron chi connectivity index (χ2n) is 5.66. The summed E-state index contributed by atoms with van der Waals surface area (Å²) in [5, 5.41) is 2.85. The van der Waals surface area contributed by atoms with Gasteiger partial charge in [0.2, 0.25) is 5.88 Å². The van der Waals surface area contributed by atoms with Gasteiger partial charge in [0.15, 0.2) is 0 Å². The minimum atomic E-state index is -4.43. The van der Waals surface area contributed by atoms with Crippen molar-refractivity contribution in [1.29, 1.82) is 0 Å². The maximum Gasteiger partial charge on any atom is 0.417 e. The fraction of sp³-hybridized carbons (Fsp3) is 0.294. The third kappa shape index (κ3) is 4.24. The van der Waals surface area contributed by atoms with Gasteiger partial charge in [0.05, 0.1) is 5.56 Å². The third-order valence-corrected chi connectivity index (χ3v) is 3.65. The smallest absolute Gasteiger partial charge is 0.417 e. The van der Waals surface area contributed by atoms with Crippen molar-refractivity contribution in [1.82, 2.24) is 10.3 Å². The van der Waals surface area contributed by atoms with Crippen molar-refractivity contribution < 1.29 is 22.7 Å². The summed E-state index contributed by atoms with van der Waals surface area (Å²) in [6.07, 6.45) is -1.39. The molecule has 4 nitrogen and oxygen atoms in total. The summed E-state index contributed by atoms with van der Waals surface area (Å²) in [6.45, 7) is 0.687. The highest BCUT2D eigenvalue weighted by molar-refractivity contribution is 5.94. The Labute approximate surface area is 136 Å². The molecule has 1 fully saturated rings. The van der Waals surface area contributed by atoms with E-state index in [9.17, 15) is 18.0 Å². The van der Waals surface area contributed by atoms with Crippen molar-refractivity contribution in [2.24, 2.45) is 5.92 Å². The highest BCUT2D eigenvalue weighted by atomic mass is 19.4. The number of amides is 1. The van der Waals surface area contributed by atoms with Crippen LogP contribution < -0.4 is 10.1 Å². The van der Waals surface area contributed by atoms with Gasteiger partial charge in [0, 0.05) is 24.4 Å². The summed E-state index contributed by atoms with van der Waals surface area (Å²) < 4.78 is 42.8. The lowest BCUT2D eigenvalue weighted by molar-refractivity contribution is -0.137. The Bertz CT molecular complexity index is 708. The van der Waals surface area contributed by atoms with Gasteiger partial charge in [-0.15, -0.1) is 0 Å². The van der Waals surface area contributed by atoms with E-state index in [4.69, 9.17) is 4.74 Å². The number of alkyl halides is 3. The molecule has 0 unspecified atom stereocenters. The molecule has 0 saturated heterocycles.